The summed E-state index contributed by atoms with van der Waals surface area (Å²) in [7, 11) is 0. The number of nitrogens with one attached hydrogen (secondary N) is 2. The van der Waals surface area contributed by atoms with Gasteiger partial charge in [0.25, 0.3) is 0 Å². The zero-order valence-electron chi connectivity index (χ0n) is 10.3. The van der Waals surface area contributed by atoms with Gasteiger partial charge >= 0.3 is 0 Å². The van der Waals surface area contributed by atoms with E-state index in [1.807, 2.05) is 24.3 Å². The summed E-state index contributed by atoms with van der Waals surface area (Å²) in [6.45, 7) is 0. The summed E-state index contributed by atoms with van der Waals surface area (Å²) in [6, 6.07) is 9.80. The number of rotatable bonds is 1. The Kier molecular flexibility index (Phi) is 2.08. The van der Waals surface area contributed by atoms with Crippen LogP contribution in [0.25, 0.3) is 33.5 Å². The molecule has 4 aromatic rings. The van der Waals surface area contributed by atoms with Gasteiger partial charge in [-0.1, -0.05) is 12.1 Å². The number of imidazole rings is 1. The van der Waals surface area contributed by atoms with Crippen LogP contribution in [-0.2, 0) is 0 Å². The van der Waals surface area contributed by atoms with E-state index in [1.54, 1.807) is 6.20 Å². The lowest BCUT2D eigenvalue weighted by Gasteiger charge is -1.96. The molecule has 2 N–H and O–H groups in total. The first-order chi connectivity index (χ1) is 9.83. The molecule has 0 atom stereocenters. The molecule has 0 aliphatic rings. The van der Waals surface area contributed by atoms with Gasteiger partial charge in [0, 0.05) is 16.5 Å². The van der Waals surface area contributed by atoms with Gasteiger partial charge in [-0.2, -0.15) is 5.26 Å². The Morgan fingerprint density at radius 2 is 2.05 bits per heavy atom. The van der Waals surface area contributed by atoms with Crippen LogP contribution in [0.4, 0.5) is 0 Å². The topological polar surface area (TPSA) is 94.0 Å². The number of hydrogen-bond acceptors (Lipinski definition) is 4. The average Bonchev–Trinajstić information content (AvgIpc) is 3.09. The van der Waals surface area contributed by atoms with Crippen molar-refractivity contribution < 1.29 is 0 Å². The molecule has 0 aliphatic heterocycles. The van der Waals surface area contributed by atoms with Crippen molar-refractivity contribution >= 4 is 22.1 Å². The van der Waals surface area contributed by atoms with Gasteiger partial charge in [0.2, 0.25) is 0 Å². The Morgan fingerprint density at radius 1 is 1.10 bits per heavy atom. The van der Waals surface area contributed by atoms with Crippen LogP contribution in [-0.4, -0.2) is 24.9 Å². The summed E-state index contributed by atoms with van der Waals surface area (Å²) in [4.78, 5) is 18.7. The molecule has 3 aromatic heterocycles. The molecule has 94 valence electrons. The summed E-state index contributed by atoms with van der Waals surface area (Å²) >= 11 is 0. The Bertz CT molecular complexity index is 939. The number of H-pyrrole nitrogens is 2. The Labute approximate surface area is 113 Å². The van der Waals surface area contributed by atoms with E-state index in [-0.39, 0.29) is 0 Å². The van der Waals surface area contributed by atoms with Crippen molar-refractivity contribution in [3.05, 3.63) is 42.5 Å². The van der Waals surface area contributed by atoms with E-state index >= 15 is 0 Å². The highest BCUT2D eigenvalue weighted by Crippen LogP contribution is 2.24. The van der Waals surface area contributed by atoms with Gasteiger partial charge < -0.3 is 9.97 Å². The van der Waals surface area contributed by atoms with Crippen molar-refractivity contribution in [2.75, 3.05) is 0 Å². The van der Waals surface area contributed by atoms with Crippen molar-refractivity contribution in [1.82, 2.24) is 24.9 Å². The van der Waals surface area contributed by atoms with E-state index in [2.05, 4.69) is 31.0 Å². The van der Waals surface area contributed by atoms with Crippen LogP contribution in [0.3, 0.4) is 0 Å². The quantitative estimate of drug-likeness (QED) is 0.549. The molecule has 6 nitrogen and oxygen atoms in total. The van der Waals surface area contributed by atoms with E-state index < -0.39 is 0 Å². The fraction of sp³-hybridized carbons (Fsp3) is 0. The lowest BCUT2D eigenvalue weighted by atomic mass is 10.1. The molecule has 0 unspecified atom stereocenters. The van der Waals surface area contributed by atoms with Crippen molar-refractivity contribution in [1.29, 1.82) is 5.26 Å². The molecule has 0 amide bonds. The number of benzene rings is 1. The van der Waals surface area contributed by atoms with Crippen LogP contribution in [0.2, 0.25) is 0 Å². The second-order valence-corrected chi connectivity index (χ2v) is 4.44. The molecular formula is C14H8N6. The fourth-order valence-corrected chi connectivity index (χ4v) is 2.23. The number of aromatic amines is 2. The molecule has 3 heterocycles. The summed E-state index contributed by atoms with van der Waals surface area (Å²) in [5.74, 6) is 0.732. The van der Waals surface area contributed by atoms with Gasteiger partial charge in [-0.3, -0.25) is 0 Å². The second-order valence-electron chi connectivity index (χ2n) is 4.44. The van der Waals surface area contributed by atoms with E-state index in [0.717, 1.165) is 27.8 Å². The van der Waals surface area contributed by atoms with Gasteiger partial charge in [0.1, 0.15) is 29.4 Å². The first-order valence-corrected chi connectivity index (χ1v) is 6.02. The van der Waals surface area contributed by atoms with Crippen molar-refractivity contribution in [2.24, 2.45) is 0 Å². The predicted molar refractivity (Wildman–Crippen MR) is 73.7 cm³/mol. The molecule has 1 aromatic carbocycles. The maximum Gasteiger partial charge on any atom is 0.181 e. The van der Waals surface area contributed by atoms with E-state index in [4.69, 9.17) is 5.26 Å². The van der Waals surface area contributed by atoms with E-state index in [9.17, 15) is 0 Å². The highest BCUT2D eigenvalue weighted by Gasteiger charge is 2.08. The molecule has 0 radical (unpaired) electrons. The summed E-state index contributed by atoms with van der Waals surface area (Å²) in [6.07, 6.45) is 3.17. The molecular weight excluding hydrogens is 252 g/mol. The molecule has 0 saturated heterocycles. The zero-order chi connectivity index (χ0) is 13.5. The van der Waals surface area contributed by atoms with Crippen LogP contribution >= 0.6 is 0 Å². The Hall–Kier alpha value is -3.20. The van der Waals surface area contributed by atoms with Crippen LogP contribution in [0.1, 0.15) is 5.69 Å². The lowest BCUT2D eigenvalue weighted by Crippen LogP contribution is -1.80. The third-order valence-corrected chi connectivity index (χ3v) is 3.18. The summed E-state index contributed by atoms with van der Waals surface area (Å²) in [5.41, 5.74) is 3.83. The molecule has 20 heavy (non-hydrogen) atoms. The second kappa shape index (κ2) is 3.90. The summed E-state index contributed by atoms with van der Waals surface area (Å²) < 4.78 is 0. The monoisotopic (exact) mass is 260 g/mol. The van der Waals surface area contributed by atoms with Gasteiger partial charge in [0.05, 0.1) is 6.20 Å². The van der Waals surface area contributed by atoms with Crippen LogP contribution in [0, 0.1) is 11.3 Å². The normalized spacial score (nSPS) is 10.9. The SMILES string of the molecule is N#Cc1cc2ccc(-c3nc4ncncc4[nH]3)cc2[nH]1. The minimum absolute atomic E-state index is 0.549. The minimum Gasteiger partial charge on any atom is -0.346 e. The van der Waals surface area contributed by atoms with Gasteiger partial charge in [0.15, 0.2) is 5.65 Å². The zero-order valence-corrected chi connectivity index (χ0v) is 10.3. The Morgan fingerprint density at radius 3 is 2.90 bits per heavy atom. The maximum absolute atomic E-state index is 8.91. The minimum atomic E-state index is 0.549. The predicted octanol–water partition coefficient (Wildman–Crippen LogP) is 2.37. The highest BCUT2D eigenvalue weighted by atomic mass is 15.0. The smallest absolute Gasteiger partial charge is 0.181 e. The van der Waals surface area contributed by atoms with Crippen LogP contribution in [0.15, 0.2) is 36.8 Å². The van der Waals surface area contributed by atoms with E-state index in [1.165, 1.54) is 6.33 Å². The average molecular weight is 260 g/mol. The summed E-state index contributed by atoms with van der Waals surface area (Å²) in [5, 5.41) is 9.91. The molecule has 0 bridgehead atoms. The largest absolute Gasteiger partial charge is 0.346 e. The van der Waals surface area contributed by atoms with Crippen LogP contribution in [0.5, 0.6) is 0 Å². The third kappa shape index (κ3) is 1.54. The van der Waals surface area contributed by atoms with Crippen molar-refractivity contribution in [3.8, 4) is 17.5 Å². The van der Waals surface area contributed by atoms with Crippen molar-refractivity contribution in [3.63, 3.8) is 0 Å². The molecule has 0 aliphatic carbocycles. The lowest BCUT2D eigenvalue weighted by molar-refractivity contribution is 1.20. The Balaban J connectivity index is 1.90. The first kappa shape index (κ1) is 10.7. The van der Waals surface area contributed by atoms with Crippen LogP contribution < -0.4 is 0 Å². The number of fused-ring (bicyclic) bond motifs is 2. The fourth-order valence-electron chi connectivity index (χ4n) is 2.23. The first-order valence-electron chi connectivity index (χ1n) is 6.02. The molecule has 4 rings (SSSR count). The standard InChI is InChI=1S/C14H8N6/c15-5-10-3-8-1-2-9(4-11(8)18-10)13-19-12-6-16-7-17-14(12)20-13/h1-4,6-7,18H,(H,16,17,19,20). The molecule has 6 heteroatoms. The van der Waals surface area contributed by atoms with Gasteiger partial charge in [-0.25, -0.2) is 15.0 Å². The highest BCUT2D eigenvalue weighted by molar-refractivity contribution is 5.86. The third-order valence-electron chi connectivity index (χ3n) is 3.18. The molecule has 0 saturated carbocycles. The number of hydrogen-bond donors (Lipinski definition) is 2. The van der Waals surface area contributed by atoms with Gasteiger partial charge in [-0.15, -0.1) is 0 Å². The molecule has 0 fully saturated rings. The van der Waals surface area contributed by atoms with Gasteiger partial charge in [-0.05, 0) is 12.1 Å². The van der Waals surface area contributed by atoms with E-state index in [0.29, 0.717) is 11.3 Å². The maximum atomic E-state index is 8.91. The van der Waals surface area contributed by atoms with Crippen molar-refractivity contribution in [2.45, 2.75) is 0 Å². The number of nitriles is 1. The molecule has 0 spiro atoms. The number of nitrogens with zero attached hydrogens (tertiary/aromatic N) is 4. The number of aromatic nitrogens is 5.